The minimum atomic E-state index is -0.0144. The fraction of sp³-hybridized carbons (Fsp3) is 0.0833. The molecule has 0 unspecified atom stereocenters. The van der Waals surface area contributed by atoms with Crippen LogP contribution in [0.5, 0.6) is 17.2 Å². The second kappa shape index (κ2) is 10.6. The number of rotatable bonds is 9. The molecular formula is C24H23N7O3. The molecule has 0 amide bonds. The quantitative estimate of drug-likeness (QED) is 0.212. The number of hydrogen-bond donors (Lipinski definition) is 4. The van der Waals surface area contributed by atoms with Crippen LogP contribution in [0, 0.1) is 0 Å². The van der Waals surface area contributed by atoms with Crippen molar-refractivity contribution in [2.75, 3.05) is 30.3 Å². The number of hydrogen-bond acceptors (Lipinski definition) is 10. The van der Waals surface area contributed by atoms with Crippen LogP contribution in [0.2, 0.25) is 0 Å². The van der Waals surface area contributed by atoms with Crippen LogP contribution in [0.25, 0.3) is 0 Å². The van der Waals surface area contributed by atoms with Crippen molar-refractivity contribution in [1.82, 2.24) is 15.0 Å². The molecule has 172 valence electrons. The molecule has 0 aliphatic heterocycles. The van der Waals surface area contributed by atoms with E-state index in [1.165, 1.54) is 13.3 Å². The third-order valence-corrected chi connectivity index (χ3v) is 4.63. The van der Waals surface area contributed by atoms with E-state index < -0.39 is 0 Å². The first-order valence-electron chi connectivity index (χ1n) is 10.3. The van der Waals surface area contributed by atoms with Crippen molar-refractivity contribution in [1.29, 1.82) is 0 Å². The SMILES string of the molecule is COc1ccc(Nc2nc(N/N=C\c3cccc(OC)c3O)nc(Nc3ccccc3)n2)cc1. The lowest BCUT2D eigenvalue weighted by molar-refractivity contribution is 0.373. The second-order valence-corrected chi connectivity index (χ2v) is 6.92. The third-order valence-electron chi connectivity index (χ3n) is 4.63. The summed E-state index contributed by atoms with van der Waals surface area (Å²) < 4.78 is 10.3. The zero-order chi connectivity index (χ0) is 23.8. The molecular weight excluding hydrogens is 434 g/mol. The van der Waals surface area contributed by atoms with Crippen molar-refractivity contribution in [3.8, 4) is 17.2 Å². The van der Waals surface area contributed by atoms with Gasteiger partial charge in [0, 0.05) is 16.9 Å². The maximum absolute atomic E-state index is 10.2. The highest BCUT2D eigenvalue weighted by atomic mass is 16.5. The Morgan fingerprint density at radius 2 is 1.38 bits per heavy atom. The Labute approximate surface area is 196 Å². The van der Waals surface area contributed by atoms with E-state index in [0.717, 1.165) is 17.1 Å². The van der Waals surface area contributed by atoms with Gasteiger partial charge in [0.05, 0.1) is 20.4 Å². The van der Waals surface area contributed by atoms with E-state index in [1.807, 2.05) is 54.6 Å². The second-order valence-electron chi connectivity index (χ2n) is 6.92. The summed E-state index contributed by atoms with van der Waals surface area (Å²) >= 11 is 0. The molecule has 4 N–H and O–H groups in total. The third kappa shape index (κ3) is 5.68. The van der Waals surface area contributed by atoms with Crippen LogP contribution in [-0.2, 0) is 0 Å². The Morgan fingerprint density at radius 3 is 2.03 bits per heavy atom. The van der Waals surface area contributed by atoms with Gasteiger partial charge in [-0.15, -0.1) is 0 Å². The van der Waals surface area contributed by atoms with E-state index in [0.29, 0.717) is 23.2 Å². The average molecular weight is 457 g/mol. The first-order valence-corrected chi connectivity index (χ1v) is 10.3. The van der Waals surface area contributed by atoms with Gasteiger partial charge >= 0.3 is 0 Å². The Balaban J connectivity index is 1.58. The Morgan fingerprint density at radius 1 is 0.735 bits per heavy atom. The molecule has 0 saturated carbocycles. The van der Waals surface area contributed by atoms with Gasteiger partial charge in [-0.1, -0.05) is 24.3 Å². The molecule has 0 bridgehead atoms. The van der Waals surface area contributed by atoms with Crippen LogP contribution in [0.4, 0.5) is 29.2 Å². The molecule has 0 fully saturated rings. The predicted octanol–water partition coefficient (Wildman–Crippen LogP) is 4.53. The van der Waals surface area contributed by atoms with E-state index >= 15 is 0 Å². The molecule has 34 heavy (non-hydrogen) atoms. The summed E-state index contributed by atoms with van der Waals surface area (Å²) in [6.07, 6.45) is 1.45. The summed E-state index contributed by atoms with van der Waals surface area (Å²) in [5, 5.41) is 20.7. The van der Waals surface area contributed by atoms with Crippen molar-refractivity contribution in [2.24, 2.45) is 5.10 Å². The van der Waals surface area contributed by atoms with Gasteiger partial charge in [0.25, 0.3) is 0 Å². The molecule has 0 saturated heterocycles. The number of phenols is 1. The summed E-state index contributed by atoms with van der Waals surface area (Å²) in [6, 6.07) is 22.0. The minimum Gasteiger partial charge on any atom is -0.504 e. The Kier molecular flexibility index (Phi) is 6.99. The number of methoxy groups -OCH3 is 2. The molecule has 0 aliphatic carbocycles. The summed E-state index contributed by atoms with van der Waals surface area (Å²) in [5.41, 5.74) is 4.85. The number of anilines is 5. The van der Waals surface area contributed by atoms with Gasteiger partial charge in [-0.2, -0.15) is 20.1 Å². The summed E-state index contributed by atoms with van der Waals surface area (Å²) in [6.45, 7) is 0. The van der Waals surface area contributed by atoms with Crippen LogP contribution in [0.1, 0.15) is 5.56 Å². The van der Waals surface area contributed by atoms with Crippen molar-refractivity contribution < 1.29 is 14.6 Å². The van der Waals surface area contributed by atoms with E-state index in [-0.39, 0.29) is 11.7 Å². The number of aromatic nitrogens is 3. The highest BCUT2D eigenvalue weighted by Gasteiger charge is 2.09. The molecule has 0 spiro atoms. The molecule has 0 radical (unpaired) electrons. The fourth-order valence-corrected chi connectivity index (χ4v) is 2.96. The van der Waals surface area contributed by atoms with Crippen molar-refractivity contribution in [2.45, 2.75) is 0 Å². The highest BCUT2D eigenvalue weighted by Crippen LogP contribution is 2.28. The minimum absolute atomic E-state index is 0.0144. The van der Waals surface area contributed by atoms with Crippen molar-refractivity contribution >= 4 is 35.4 Å². The smallest absolute Gasteiger partial charge is 0.250 e. The lowest BCUT2D eigenvalue weighted by Crippen LogP contribution is -2.07. The number of hydrazone groups is 1. The summed E-state index contributed by atoms with van der Waals surface area (Å²) in [5.74, 6) is 1.90. The number of para-hydroxylation sites is 2. The van der Waals surface area contributed by atoms with Crippen molar-refractivity contribution in [3.05, 3.63) is 78.4 Å². The van der Waals surface area contributed by atoms with Crippen LogP contribution in [-0.4, -0.2) is 40.5 Å². The molecule has 10 heteroatoms. The highest BCUT2D eigenvalue weighted by molar-refractivity contribution is 5.85. The van der Waals surface area contributed by atoms with Gasteiger partial charge in [-0.3, -0.25) is 0 Å². The normalized spacial score (nSPS) is 10.6. The lowest BCUT2D eigenvalue weighted by atomic mass is 10.2. The molecule has 0 aliphatic rings. The zero-order valence-corrected chi connectivity index (χ0v) is 18.6. The summed E-state index contributed by atoms with van der Waals surface area (Å²) in [4.78, 5) is 13.2. The number of benzene rings is 3. The van der Waals surface area contributed by atoms with E-state index in [2.05, 4.69) is 36.1 Å². The average Bonchev–Trinajstić information content (AvgIpc) is 2.86. The van der Waals surface area contributed by atoms with Crippen molar-refractivity contribution in [3.63, 3.8) is 0 Å². The maximum Gasteiger partial charge on any atom is 0.250 e. The Bertz CT molecular complexity index is 1270. The Hall–Kier alpha value is -4.86. The first-order chi connectivity index (χ1) is 16.6. The number of nitrogens with zero attached hydrogens (tertiary/aromatic N) is 4. The lowest BCUT2D eigenvalue weighted by Gasteiger charge is -2.10. The van der Waals surface area contributed by atoms with E-state index in [9.17, 15) is 5.11 Å². The molecule has 3 aromatic carbocycles. The van der Waals surface area contributed by atoms with Crippen LogP contribution < -0.4 is 25.5 Å². The van der Waals surface area contributed by atoms with Gasteiger partial charge in [-0.25, -0.2) is 5.43 Å². The van der Waals surface area contributed by atoms with Gasteiger partial charge in [0.2, 0.25) is 17.8 Å². The molecule has 1 heterocycles. The van der Waals surface area contributed by atoms with Crippen LogP contribution in [0.3, 0.4) is 0 Å². The molecule has 10 nitrogen and oxygen atoms in total. The topological polar surface area (TPSA) is 126 Å². The maximum atomic E-state index is 10.2. The number of ether oxygens (including phenoxy) is 2. The molecule has 1 aromatic heterocycles. The van der Waals surface area contributed by atoms with Crippen LogP contribution in [0.15, 0.2) is 77.9 Å². The predicted molar refractivity (Wildman–Crippen MR) is 132 cm³/mol. The molecule has 4 aromatic rings. The van der Waals surface area contributed by atoms with E-state index in [1.54, 1.807) is 25.3 Å². The monoisotopic (exact) mass is 457 g/mol. The van der Waals surface area contributed by atoms with E-state index in [4.69, 9.17) is 9.47 Å². The van der Waals surface area contributed by atoms with Gasteiger partial charge in [-0.05, 0) is 48.5 Å². The largest absolute Gasteiger partial charge is 0.504 e. The fourth-order valence-electron chi connectivity index (χ4n) is 2.96. The molecule has 0 atom stereocenters. The van der Waals surface area contributed by atoms with Crippen LogP contribution >= 0.6 is 0 Å². The first kappa shape index (κ1) is 22.3. The van der Waals surface area contributed by atoms with Gasteiger partial charge < -0.3 is 25.2 Å². The van der Waals surface area contributed by atoms with Gasteiger partial charge in [0.15, 0.2) is 11.5 Å². The van der Waals surface area contributed by atoms with Gasteiger partial charge in [0.1, 0.15) is 5.75 Å². The number of nitrogens with one attached hydrogen (secondary N) is 3. The zero-order valence-electron chi connectivity index (χ0n) is 18.6. The number of phenolic OH excluding ortho intramolecular Hbond substituents is 1. The number of aromatic hydroxyl groups is 1. The molecule has 4 rings (SSSR count). The summed E-state index contributed by atoms with van der Waals surface area (Å²) in [7, 11) is 3.09. The standard InChI is InChI=1S/C24H23N7O3/c1-33-19-13-11-18(12-14-19)27-23-28-22(26-17-8-4-3-5-9-17)29-24(30-23)31-25-15-16-7-6-10-20(34-2)21(16)32/h3-15,32H,1-2H3,(H3,26,27,28,29,30,31)/b25-15-.